The zero-order valence-corrected chi connectivity index (χ0v) is 3.81. The van der Waals surface area contributed by atoms with Gasteiger partial charge in [0.2, 0.25) is 0 Å². The van der Waals surface area contributed by atoms with E-state index in [0.717, 1.165) is 0 Å². The normalized spacial score (nSPS) is 35.7. The quantitative estimate of drug-likeness (QED) is 0.318. The molecule has 1 saturated heterocycles. The SMILES string of the molecule is C#CC1NC1C#C. The zero-order valence-electron chi connectivity index (χ0n) is 3.81. The van der Waals surface area contributed by atoms with Crippen molar-refractivity contribution in [1.82, 2.24) is 5.32 Å². The molecular formula is C6H5N. The molecule has 1 aliphatic rings. The van der Waals surface area contributed by atoms with E-state index in [0.29, 0.717) is 0 Å². The molecule has 2 atom stereocenters. The highest BCUT2D eigenvalue weighted by atomic mass is 15.1. The van der Waals surface area contributed by atoms with Gasteiger partial charge in [0.05, 0.1) is 12.1 Å². The standard InChI is InChI=1S/C6H5N/c1-3-5-6(4-2)7-5/h1-2,5-7H. The van der Waals surface area contributed by atoms with E-state index in [2.05, 4.69) is 17.2 Å². The summed E-state index contributed by atoms with van der Waals surface area (Å²) in [5.41, 5.74) is 0. The Hall–Kier alpha value is -0.920. The van der Waals surface area contributed by atoms with Crippen LogP contribution in [0, 0.1) is 24.7 Å². The van der Waals surface area contributed by atoms with Crippen LogP contribution in [0.15, 0.2) is 0 Å². The molecule has 34 valence electrons. The maximum atomic E-state index is 4.99. The van der Waals surface area contributed by atoms with Crippen LogP contribution in [0.4, 0.5) is 0 Å². The summed E-state index contributed by atoms with van der Waals surface area (Å²) in [6.07, 6.45) is 9.98. The molecule has 0 bridgehead atoms. The molecule has 1 rings (SSSR count). The van der Waals surface area contributed by atoms with Gasteiger partial charge in [-0.25, -0.2) is 0 Å². The molecule has 1 fully saturated rings. The minimum Gasteiger partial charge on any atom is -0.286 e. The Morgan fingerprint density at radius 1 is 1.14 bits per heavy atom. The maximum absolute atomic E-state index is 4.99. The Labute approximate surface area is 43.1 Å². The van der Waals surface area contributed by atoms with Crippen molar-refractivity contribution in [1.29, 1.82) is 0 Å². The second-order valence-corrected chi connectivity index (χ2v) is 1.46. The first-order valence-electron chi connectivity index (χ1n) is 2.07. The summed E-state index contributed by atoms with van der Waals surface area (Å²) in [6.45, 7) is 0. The molecule has 0 aromatic carbocycles. The van der Waals surface area contributed by atoms with Crippen LogP contribution >= 0.6 is 0 Å². The van der Waals surface area contributed by atoms with Crippen molar-refractivity contribution in [2.75, 3.05) is 0 Å². The van der Waals surface area contributed by atoms with E-state index >= 15 is 0 Å². The Kier molecular flexibility index (Phi) is 0.785. The van der Waals surface area contributed by atoms with Gasteiger partial charge in [-0.2, -0.15) is 0 Å². The summed E-state index contributed by atoms with van der Waals surface area (Å²) < 4.78 is 0. The number of hydrogen-bond acceptors (Lipinski definition) is 1. The highest BCUT2D eigenvalue weighted by molar-refractivity contribution is 5.27. The molecule has 1 aliphatic heterocycles. The fourth-order valence-corrected chi connectivity index (χ4v) is 0.427. The topological polar surface area (TPSA) is 21.9 Å². The lowest BCUT2D eigenvalue weighted by atomic mass is 10.3. The number of hydrogen-bond donors (Lipinski definition) is 1. The summed E-state index contributed by atoms with van der Waals surface area (Å²) in [4.78, 5) is 0. The van der Waals surface area contributed by atoms with Crippen molar-refractivity contribution in [3.05, 3.63) is 0 Å². The van der Waals surface area contributed by atoms with Gasteiger partial charge in [0.25, 0.3) is 0 Å². The van der Waals surface area contributed by atoms with E-state index < -0.39 is 0 Å². The zero-order chi connectivity index (χ0) is 5.28. The molecule has 0 radical (unpaired) electrons. The van der Waals surface area contributed by atoms with E-state index in [4.69, 9.17) is 12.8 Å². The molecule has 0 aromatic heterocycles. The fraction of sp³-hybridized carbons (Fsp3) is 0.333. The van der Waals surface area contributed by atoms with Gasteiger partial charge < -0.3 is 0 Å². The highest BCUT2D eigenvalue weighted by Gasteiger charge is 2.31. The number of rotatable bonds is 0. The Balaban J connectivity index is 2.39. The number of nitrogens with one attached hydrogen (secondary N) is 1. The highest BCUT2D eigenvalue weighted by Crippen LogP contribution is 2.05. The molecule has 1 N–H and O–H groups in total. The second kappa shape index (κ2) is 1.30. The van der Waals surface area contributed by atoms with Crippen molar-refractivity contribution >= 4 is 0 Å². The minimum absolute atomic E-state index is 0.157. The number of terminal acetylenes is 2. The van der Waals surface area contributed by atoms with Crippen LogP contribution in [-0.4, -0.2) is 12.1 Å². The Morgan fingerprint density at radius 3 is 1.71 bits per heavy atom. The lowest BCUT2D eigenvalue weighted by Crippen LogP contribution is -1.82. The van der Waals surface area contributed by atoms with E-state index in [1.165, 1.54) is 0 Å². The lowest BCUT2D eigenvalue weighted by Gasteiger charge is -1.65. The van der Waals surface area contributed by atoms with Crippen LogP contribution in [0.2, 0.25) is 0 Å². The van der Waals surface area contributed by atoms with E-state index in [-0.39, 0.29) is 12.1 Å². The van der Waals surface area contributed by atoms with Crippen molar-refractivity contribution in [2.45, 2.75) is 12.1 Å². The Morgan fingerprint density at radius 2 is 1.57 bits per heavy atom. The predicted molar refractivity (Wildman–Crippen MR) is 28.4 cm³/mol. The van der Waals surface area contributed by atoms with E-state index in [9.17, 15) is 0 Å². The molecule has 0 aliphatic carbocycles. The fourth-order valence-electron chi connectivity index (χ4n) is 0.427. The average molecular weight is 91.1 g/mol. The molecule has 0 spiro atoms. The summed E-state index contributed by atoms with van der Waals surface area (Å²) >= 11 is 0. The van der Waals surface area contributed by atoms with Crippen molar-refractivity contribution < 1.29 is 0 Å². The summed E-state index contributed by atoms with van der Waals surface area (Å²) in [6, 6.07) is 0.315. The summed E-state index contributed by atoms with van der Waals surface area (Å²) in [5, 5.41) is 2.90. The van der Waals surface area contributed by atoms with E-state index in [1.807, 2.05) is 0 Å². The molecule has 0 aromatic rings. The van der Waals surface area contributed by atoms with Crippen LogP contribution in [-0.2, 0) is 0 Å². The van der Waals surface area contributed by atoms with Gasteiger partial charge in [0.15, 0.2) is 0 Å². The molecule has 0 saturated carbocycles. The largest absolute Gasteiger partial charge is 0.286 e. The van der Waals surface area contributed by atoms with Gasteiger partial charge in [0, 0.05) is 0 Å². The molecule has 1 heterocycles. The first kappa shape index (κ1) is 4.24. The van der Waals surface area contributed by atoms with Gasteiger partial charge in [-0.05, 0) is 0 Å². The third kappa shape index (κ3) is 0.585. The van der Waals surface area contributed by atoms with E-state index in [1.54, 1.807) is 0 Å². The second-order valence-electron chi connectivity index (χ2n) is 1.46. The van der Waals surface area contributed by atoms with Gasteiger partial charge >= 0.3 is 0 Å². The third-order valence-electron chi connectivity index (χ3n) is 0.942. The van der Waals surface area contributed by atoms with Gasteiger partial charge in [0.1, 0.15) is 0 Å². The monoisotopic (exact) mass is 91.0 g/mol. The average Bonchev–Trinajstić information content (AvgIpc) is 2.43. The van der Waals surface area contributed by atoms with Crippen LogP contribution < -0.4 is 5.32 Å². The third-order valence-corrected chi connectivity index (χ3v) is 0.942. The van der Waals surface area contributed by atoms with Gasteiger partial charge in [-0.15, -0.1) is 12.8 Å². The smallest absolute Gasteiger partial charge is 0.0967 e. The van der Waals surface area contributed by atoms with Crippen molar-refractivity contribution in [3.8, 4) is 24.7 Å². The maximum Gasteiger partial charge on any atom is 0.0967 e. The molecule has 2 unspecified atom stereocenters. The molecule has 1 nitrogen and oxygen atoms in total. The summed E-state index contributed by atoms with van der Waals surface area (Å²) in [7, 11) is 0. The van der Waals surface area contributed by atoms with Crippen LogP contribution in [0.1, 0.15) is 0 Å². The molecule has 0 amide bonds. The van der Waals surface area contributed by atoms with Gasteiger partial charge in [-0.1, -0.05) is 11.8 Å². The van der Waals surface area contributed by atoms with Gasteiger partial charge in [-0.3, -0.25) is 5.32 Å². The molecule has 7 heavy (non-hydrogen) atoms. The predicted octanol–water partition coefficient (Wildman–Crippen LogP) is -0.407. The minimum atomic E-state index is 0.157. The van der Waals surface area contributed by atoms with Crippen molar-refractivity contribution in [2.24, 2.45) is 0 Å². The van der Waals surface area contributed by atoms with Crippen LogP contribution in [0.25, 0.3) is 0 Å². The lowest BCUT2D eigenvalue weighted by molar-refractivity contribution is 1.23. The molecule has 1 heteroatoms. The van der Waals surface area contributed by atoms with Crippen LogP contribution in [0.3, 0.4) is 0 Å². The molecular weight excluding hydrogens is 86.1 g/mol. The first-order valence-corrected chi connectivity index (χ1v) is 2.07. The first-order chi connectivity index (χ1) is 3.38. The van der Waals surface area contributed by atoms with Crippen molar-refractivity contribution in [3.63, 3.8) is 0 Å². The van der Waals surface area contributed by atoms with Crippen LogP contribution in [0.5, 0.6) is 0 Å². The summed E-state index contributed by atoms with van der Waals surface area (Å²) in [5.74, 6) is 4.97. The Bertz CT molecular complexity index is 129.